The van der Waals surface area contributed by atoms with Gasteiger partial charge in [-0.25, -0.2) is 9.38 Å². The van der Waals surface area contributed by atoms with Crippen molar-refractivity contribution < 1.29 is 9.13 Å². The molecular weight excluding hydrogens is 229 g/mol. The molecule has 0 bridgehead atoms. The number of alkyl halides is 1. The maximum Gasteiger partial charge on any atom is 0.209 e. The van der Waals surface area contributed by atoms with E-state index in [0.717, 1.165) is 6.42 Å². The molecule has 98 valence electrons. The molecule has 18 heavy (non-hydrogen) atoms. The van der Waals surface area contributed by atoms with Crippen LogP contribution in [0.1, 0.15) is 27.2 Å². The van der Waals surface area contributed by atoms with Crippen molar-refractivity contribution >= 4 is 5.90 Å². The Labute approximate surface area is 108 Å². The molecule has 0 N–H and O–H groups in total. The predicted molar refractivity (Wildman–Crippen MR) is 72.5 cm³/mol. The molecule has 2 nitrogen and oxygen atoms in total. The Kier molecular flexibility index (Phi) is 4.00. The van der Waals surface area contributed by atoms with Gasteiger partial charge in [-0.2, -0.15) is 0 Å². The van der Waals surface area contributed by atoms with E-state index in [9.17, 15) is 4.39 Å². The van der Waals surface area contributed by atoms with Crippen molar-refractivity contribution in [2.75, 3.05) is 0 Å². The second-order valence-corrected chi connectivity index (χ2v) is 4.98. The lowest BCUT2D eigenvalue weighted by Gasteiger charge is -2.19. The lowest BCUT2D eigenvalue weighted by Crippen LogP contribution is -2.25. The van der Waals surface area contributed by atoms with Gasteiger partial charge < -0.3 is 4.74 Å². The number of hydrogen-bond donors (Lipinski definition) is 0. The lowest BCUT2D eigenvalue weighted by atomic mass is 9.95. The van der Waals surface area contributed by atoms with Crippen molar-refractivity contribution in [1.82, 2.24) is 0 Å². The number of hydrogen-bond acceptors (Lipinski definition) is 2. The molecule has 3 heteroatoms. The summed E-state index contributed by atoms with van der Waals surface area (Å²) in [7, 11) is 0. The average molecular weight is 249 g/mol. The molecule has 0 saturated heterocycles. The van der Waals surface area contributed by atoms with Gasteiger partial charge in [-0.1, -0.05) is 32.4 Å². The van der Waals surface area contributed by atoms with Gasteiger partial charge in [0.1, 0.15) is 0 Å². The summed E-state index contributed by atoms with van der Waals surface area (Å²) in [6, 6.07) is 0.186. The Bertz CT molecular complexity index is 422. The molecule has 1 heterocycles. The number of rotatable bonds is 3. The van der Waals surface area contributed by atoms with Gasteiger partial charge in [0.05, 0.1) is 6.04 Å². The van der Waals surface area contributed by atoms with Crippen LogP contribution in [0.5, 0.6) is 0 Å². The Hall–Kier alpha value is -1.38. The van der Waals surface area contributed by atoms with Crippen LogP contribution in [-0.4, -0.2) is 24.2 Å². The van der Waals surface area contributed by atoms with E-state index in [-0.39, 0.29) is 6.04 Å². The van der Waals surface area contributed by atoms with Crippen molar-refractivity contribution in [3.63, 3.8) is 0 Å². The van der Waals surface area contributed by atoms with Gasteiger partial charge in [0.2, 0.25) is 5.90 Å². The third-order valence-electron chi connectivity index (χ3n) is 3.54. The first kappa shape index (κ1) is 13.1. The number of nitrogens with zero attached hydrogens (tertiary/aromatic N) is 1. The van der Waals surface area contributed by atoms with Crippen LogP contribution in [0.4, 0.5) is 4.39 Å². The predicted octanol–water partition coefficient (Wildman–Crippen LogP) is 3.61. The van der Waals surface area contributed by atoms with E-state index in [2.05, 4.69) is 25.8 Å². The maximum absolute atomic E-state index is 13.6. The minimum Gasteiger partial charge on any atom is -0.467 e. The highest BCUT2D eigenvalue weighted by atomic mass is 19.1. The number of ether oxygens (including phenoxy) is 1. The van der Waals surface area contributed by atoms with Gasteiger partial charge in [-0.05, 0) is 30.6 Å². The third kappa shape index (κ3) is 2.71. The van der Waals surface area contributed by atoms with Crippen LogP contribution in [0.25, 0.3) is 0 Å². The molecule has 0 radical (unpaired) electrons. The normalized spacial score (nSPS) is 32.1. The molecule has 2 rings (SSSR count). The molecule has 0 saturated carbocycles. The van der Waals surface area contributed by atoms with Gasteiger partial charge in [0, 0.05) is 6.08 Å². The summed E-state index contributed by atoms with van der Waals surface area (Å²) in [6.45, 7) is 6.38. The van der Waals surface area contributed by atoms with Gasteiger partial charge in [0.15, 0.2) is 12.3 Å². The first-order valence-corrected chi connectivity index (χ1v) is 6.53. The smallest absolute Gasteiger partial charge is 0.209 e. The Balaban J connectivity index is 2.03. The summed E-state index contributed by atoms with van der Waals surface area (Å²) in [4.78, 5) is 4.55. The minimum absolute atomic E-state index is 0.186. The van der Waals surface area contributed by atoms with Crippen molar-refractivity contribution in [3.8, 4) is 0 Å². The first-order chi connectivity index (χ1) is 8.61. The Morgan fingerprint density at radius 2 is 2.11 bits per heavy atom. The standard InChI is InChI=1S/C15H20FNO/c1-4-10(2)15-11(3)9-14(17-15)18-13-8-6-5-7-12(13)16/h5-10,12-13,15H,4H2,1-3H3. The van der Waals surface area contributed by atoms with E-state index in [0.29, 0.717) is 11.8 Å². The van der Waals surface area contributed by atoms with Gasteiger partial charge >= 0.3 is 0 Å². The van der Waals surface area contributed by atoms with E-state index in [1.165, 1.54) is 11.6 Å². The molecule has 0 aromatic rings. The van der Waals surface area contributed by atoms with Crippen molar-refractivity contribution in [1.29, 1.82) is 0 Å². The fourth-order valence-corrected chi connectivity index (χ4v) is 2.22. The molecule has 0 aromatic carbocycles. The lowest BCUT2D eigenvalue weighted by molar-refractivity contribution is 0.154. The number of halogens is 1. The molecule has 0 amide bonds. The van der Waals surface area contributed by atoms with Crippen molar-refractivity contribution in [2.45, 2.75) is 45.5 Å². The van der Waals surface area contributed by atoms with Gasteiger partial charge in [0.25, 0.3) is 0 Å². The van der Waals surface area contributed by atoms with Crippen LogP contribution in [0.3, 0.4) is 0 Å². The SMILES string of the molecule is CCC(C)C1N=C(OC2C=CC=CC2F)C=C1C. The first-order valence-electron chi connectivity index (χ1n) is 6.53. The topological polar surface area (TPSA) is 21.6 Å². The minimum atomic E-state index is -1.09. The summed E-state index contributed by atoms with van der Waals surface area (Å²) < 4.78 is 19.2. The zero-order valence-electron chi connectivity index (χ0n) is 11.1. The fraction of sp³-hybridized carbons (Fsp3) is 0.533. The van der Waals surface area contributed by atoms with Gasteiger partial charge in [-0.15, -0.1) is 0 Å². The third-order valence-corrected chi connectivity index (χ3v) is 3.54. The summed E-state index contributed by atoms with van der Waals surface area (Å²) >= 11 is 0. The zero-order valence-corrected chi connectivity index (χ0v) is 11.1. The summed E-state index contributed by atoms with van der Waals surface area (Å²) in [6.07, 6.45) is 8.10. The fourth-order valence-electron chi connectivity index (χ4n) is 2.22. The largest absolute Gasteiger partial charge is 0.467 e. The van der Waals surface area contributed by atoms with Crippen molar-refractivity contribution in [2.24, 2.45) is 10.9 Å². The number of allylic oxidation sites excluding steroid dienone is 2. The van der Waals surface area contributed by atoms with Crippen LogP contribution < -0.4 is 0 Å². The maximum atomic E-state index is 13.6. The van der Waals surface area contributed by atoms with Crippen LogP contribution in [0.2, 0.25) is 0 Å². The van der Waals surface area contributed by atoms with Crippen LogP contribution >= 0.6 is 0 Å². The number of aliphatic imine (C=N–C) groups is 1. The van der Waals surface area contributed by atoms with Crippen LogP contribution in [0, 0.1) is 5.92 Å². The van der Waals surface area contributed by atoms with Gasteiger partial charge in [-0.3, -0.25) is 0 Å². The highest BCUT2D eigenvalue weighted by Gasteiger charge is 2.26. The van der Waals surface area contributed by atoms with Crippen LogP contribution in [0.15, 0.2) is 40.9 Å². The Morgan fingerprint density at radius 1 is 1.39 bits per heavy atom. The highest BCUT2D eigenvalue weighted by molar-refractivity contribution is 5.91. The Morgan fingerprint density at radius 3 is 2.78 bits per heavy atom. The molecule has 4 unspecified atom stereocenters. The quantitative estimate of drug-likeness (QED) is 0.748. The van der Waals surface area contributed by atoms with E-state index in [1.807, 2.05) is 6.08 Å². The molecule has 0 spiro atoms. The summed E-state index contributed by atoms with van der Waals surface area (Å²) in [5.74, 6) is 1.05. The van der Waals surface area contributed by atoms with E-state index < -0.39 is 12.3 Å². The molecular formula is C15H20FNO. The molecule has 2 aliphatic rings. The molecule has 1 aliphatic heterocycles. The van der Waals surface area contributed by atoms with E-state index >= 15 is 0 Å². The molecule has 1 aliphatic carbocycles. The second kappa shape index (κ2) is 5.51. The second-order valence-electron chi connectivity index (χ2n) is 4.98. The van der Waals surface area contributed by atoms with Crippen LogP contribution in [-0.2, 0) is 4.74 Å². The monoisotopic (exact) mass is 249 g/mol. The highest BCUT2D eigenvalue weighted by Crippen LogP contribution is 2.25. The zero-order chi connectivity index (χ0) is 13.1. The molecule has 4 atom stereocenters. The van der Waals surface area contributed by atoms with E-state index in [1.54, 1.807) is 18.2 Å². The molecule has 0 aromatic heterocycles. The molecule has 0 fully saturated rings. The van der Waals surface area contributed by atoms with E-state index in [4.69, 9.17) is 4.74 Å². The summed E-state index contributed by atoms with van der Waals surface area (Å²) in [5.41, 5.74) is 1.20. The van der Waals surface area contributed by atoms with Crippen molar-refractivity contribution in [3.05, 3.63) is 36.0 Å². The average Bonchev–Trinajstić information content (AvgIpc) is 2.72. The summed E-state index contributed by atoms with van der Waals surface area (Å²) in [5, 5.41) is 0.